The fourth-order valence-electron chi connectivity index (χ4n) is 3.77. The Kier molecular flexibility index (Phi) is 4.47. The quantitative estimate of drug-likeness (QED) is 0.760. The largest absolute Gasteiger partial charge is 0.419 e. The summed E-state index contributed by atoms with van der Waals surface area (Å²) in [4.78, 5) is 4.12. The number of benzene rings is 1. The van der Waals surface area contributed by atoms with E-state index in [1.54, 1.807) is 6.33 Å². The molecule has 4 rings (SSSR count). The average molecular weight is 388 g/mol. The van der Waals surface area contributed by atoms with Crippen LogP contribution in [0.4, 0.5) is 17.6 Å². The second-order valence-electron chi connectivity index (χ2n) is 6.93. The van der Waals surface area contributed by atoms with Crippen LogP contribution in [-0.2, 0) is 19.1 Å². The SMILES string of the molecule is Fc1c(C(F)(F)F)ccc(CCC2NCCn3cnc(Cl)c32)c1C1CC1. The predicted molar refractivity (Wildman–Crippen MR) is 89.7 cm³/mol. The molecule has 1 aliphatic heterocycles. The zero-order chi connectivity index (χ0) is 18.5. The van der Waals surface area contributed by atoms with Crippen LogP contribution in [0, 0.1) is 5.82 Å². The molecule has 2 aliphatic rings. The molecule has 3 nitrogen and oxygen atoms in total. The molecule has 1 aromatic heterocycles. The van der Waals surface area contributed by atoms with E-state index in [0.29, 0.717) is 23.6 Å². The highest BCUT2D eigenvalue weighted by Gasteiger charge is 2.39. The molecule has 1 N–H and O–H groups in total. The van der Waals surface area contributed by atoms with Crippen LogP contribution in [0.1, 0.15) is 53.6 Å². The van der Waals surface area contributed by atoms with Crippen LogP contribution in [0.3, 0.4) is 0 Å². The first kappa shape index (κ1) is 17.8. The monoisotopic (exact) mass is 387 g/mol. The Balaban J connectivity index is 1.60. The third-order valence-corrected chi connectivity index (χ3v) is 5.46. The van der Waals surface area contributed by atoms with Crippen LogP contribution in [0.2, 0.25) is 5.15 Å². The second-order valence-corrected chi connectivity index (χ2v) is 7.29. The molecule has 1 unspecified atom stereocenters. The van der Waals surface area contributed by atoms with Gasteiger partial charge in [0.1, 0.15) is 5.82 Å². The minimum atomic E-state index is -4.67. The third-order valence-electron chi connectivity index (χ3n) is 5.17. The molecular formula is C18H18ClF4N3. The number of aromatic nitrogens is 2. The minimum Gasteiger partial charge on any atom is -0.331 e. The standard InChI is InChI=1S/C18H18ClF4N3/c19-17-16-13(24-7-8-26(16)9-25-17)6-4-11-3-5-12(18(21,22)23)15(20)14(11)10-1-2-10/h3,5,9-10,13,24H,1-2,4,6-8H2. The van der Waals surface area contributed by atoms with Crippen molar-refractivity contribution in [2.75, 3.05) is 6.54 Å². The number of nitrogens with zero attached hydrogens (tertiary/aromatic N) is 2. The topological polar surface area (TPSA) is 29.9 Å². The van der Waals surface area contributed by atoms with Gasteiger partial charge in [-0.15, -0.1) is 0 Å². The molecule has 0 amide bonds. The van der Waals surface area contributed by atoms with Gasteiger partial charge in [0.2, 0.25) is 0 Å². The molecule has 0 saturated heterocycles. The van der Waals surface area contributed by atoms with Crippen LogP contribution in [-0.4, -0.2) is 16.1 Å². The summed E-state index contributed by atoms with van der Waals surface area (Å²) in [5, 5.41) is 3.80. The Hall–Kier alpha value is -1.60. The molecule has 1 fully saturated rings. The van der Waals surface area contributed by atoms with Gasteiger partial charge in [0.15, 0.2) is 5.15 Å². The van der Waals surface area contributed by atoms with Crippen LogP contribution >= 0.6 is 11.6 Å². The maximum Gasteiger partial charge on any atom is 0.419 e. The molecule has 2 aromatic rings. The lowest BCUT2D eigenvalue weighted by Gasteiger charge is -2.26. The van der Waals surface area contributed by atoms with Gasteiger partial charge in [-0.2, -0.15) is 13.2 Å². The Bertz CT molecular complexity index is 827. The molecule has 1 aliphatic carbocycles. The Morgan fingerprint density at radius 3 is 2.73 bits per heavy atom. The Morgan fingerprint density at radius 2 is 2.04 bits per heavy atom. The first-order chi connectivity index (χ1) is 12.4. The van der Waals surface area contributed by atoms with Gasteiger partial charge in [-0.3, -0.25) is 0 Å². The van der Waals surface area contributed by atoms with Gasteiger partial charge in [0.05, 0.1) is 23.6 Å². The second kappa shape index (κ2) is 6.53. The number of rotatable bonds is 4. The first-order valence-electron chi connectivity index (χ1n) is 8.68. The first-order valence-corrected chi connectivity index (χ1v) is 9.06. The van der Waals surface area contributed by atoms with Crippen LogP contribution in [0.15, 0.2) is 18.5 Å². The summed E-state index contributed by atoms with van der Waals surface area (Å²) in [7, 11) is 0. The summed E-state index contributed by atoms with van der Waals surface area (Å²) in [6.07, 6.45) is -0.386. The van der Waals surface area contributed by atoms with Crippen molar-refractivity contribution in [3.05, 3.63) is 51.8 Å². The number of alkyl halides is 3. The highest BCUT2D eigenvalue weighted by molar-refractivity contribution is 6.30. The van der Waals surface area contributed by atoms with E-state index in [4.69, 9.17) is 11.6 Å². The smallest absolute Gasteiger partial charge is 0.331 e. The van der Waals surface area contributed by atoms with Gasteiger partial charge in [-0.25, -0.2) is 9.37 Å². The highest BCUT2D eigenvalue weighted by atomic mass is 35.5. The normalized spacial score (nSPS) is 20.3. The van der Waals surface area contributed by atoms with Crippen LogP contribution in [0.25, 0.3) is 0 Å². The summed E-state index contributed by atoms with van der Waals surface area (Å²) in [5.41, 5.74) is 0.626. The molecule has 0 spiro atoms. The Morgan fingerprint density at radius 1 is 1.27 bits per heavy atom. The summed E-state index contributed by atoms with van der Waals surface area (Å²) < 4.78 is 55.6. The number of aryl methyl sites for hydroxylation is 1. The molecule has 1 aromatic carbocycles. The molecule has 0 bridgehead atoms. The fraction of sp³-hybridized carbons (Fsp3) is 0.500. The van der Waals surface area contributed by atoms with Gasteiger partial charge >= 0.3 is 6.18 Å². The number of hydrogen-bond donors (Lipinski definition) is 1. The van der Waals surface area contributed by atoms with Gasteiger partial charge < -0.3 is 9.88 Å². The van der Waals surface area contributed by atoms with Gasteiger partial charge in [-0.05, 0) is 48.8 Å². The van der Waals surface area contributed by atoms with Crippen molar-refractivity contribution in [2.24, 2.45) is 0 Å². The van der Waals surface area contributed by atoms with E-state index in [1.165, 1.54) is 6.07 Å². The van der Waals surface area contributed by atoms with Crippen molar-refractivity contribution in [3.63, 3.8) is 0 Å². The summed E-state index contributed by atoms with van der Waals surface area (Å²) in [6.45, 7) is 1.54. The van der Waals surface area contributed by atoms with Crippen molar-refractivity contribution >= 4 is 11.6 Å². The fourth-order valence-corrected chi connectivity index (χ4v) is 4.05. The van der Waals surface area contributed by atoms with E-state index >= 15 is 0 Å². The molecule has 1 atom stereocenters. The number of nitrogens with one attached hydrogen (secondary N) is 1. The number of halogens is 5. The predicted octanol–water partition coefficient (Wildman–Crippen LogP) is 4.85. The molecular weight excluding hydrogens is 370 g/mol. The average Bonchev–Trinajstić information content (AvgIpc) is 3.34. The van der Waals surface area contributed by atoms with Crippen molar-refractivity contribution in [1.82, 2.24) is 14.9 Å². The van der Waals surface area contributed by atoms with E-state index < -0.39 is 17.6 Å². The summed E-state index contributed by atoms with van der Waals surface area (Å²) >= 11 is 6.17. The number of hydrogen-bond acceptors (Lipinski definition) is 2. The van der Waals surface area contributed by atoms with Crippen molar-refractivity contribution < 1.29 is 17.6 Å². The van der Waals surface area contributed by atoms with Crippen molar-refractivity contribution in [1.29, 1.82) is 0 Å². The highest BCUT2D eigenvalue weighted by Crippen LogP contribution is 2.46. The number of fused-ring (bicyclic) bond motifs is 1. The lowest BCUT2D eigenvalue weighted by molar-refractivity contribution is -0.140. The summed E-state index contributed by atoms with van der Waals surface area (Å²) in [6, 6.07) is 2.25. The van der Waals surface area contributed by atoms with Gasteiger partial charge in [0.25, 0.3) is 0 Å². The van der Waals surface area contributed by atoms with Gasteiger partial charge in [0, 0.05) is 13.1 Å². The maximum absolute atomic E-state index is 14.6. The maximum atomic E-state index is 14.6. The van der Waals surface area contributed by atoms with Crippen LogP contribution in [0.5, 0.6) is 0 Å². The van der Waals surface area contributed by atoms with Crippen LogP contribution < -0.4 is 5.32 Å². The van der Waals surface area contributed by atoms with E-state index in [2.05, 4.69) is 10.3 Å². The van der Waals surface area contributed by atoms with E-state index in [9.17, 15) is 17.6 Å². The number of imidazole rings is 1. The molecule has 2 heterocycles. The lowest BCUT2D eigenvalue weighted by atomic mass is 9.93. The lowest BCUT2D eigenvalue weighted by Crippen LogP contribution is -2.33. The molecule has 0 radical (unpaired) electrons. The molecule has 26 heavy (non-hydrogen) atoms. The minimum absolute atomic E-state index is 0.0452. The van der Waals surface area contributed by atoms with Gasteiger partial charge in [-0.1, -0.05) is 17.7 Å². The van der Waals surface area contributed by atoms with E-state index in [-0.39, 0.29) is 17.5 Å². The van der Waals surface area contributed by atoms with E-state index in [1.807, 2.05) is 4.57 Å². The zero-order valence-electron chi connectivity index (χ0n) is 13.9. The van der Waals surface area contributed by atoms with Crippen molar-refractivity contribution in [3.8, 4) is 0 Å². The Labute approximate surface area is 153 Å². The van der Waals surface area contributed by atoms with E-state index in [0.717, 1.165) is 37.7 Å². The molecule has 8 heteroatoms. The summed E-state index contributed by atoms with van der Waals surface area (Å²) in [5.74, 6) is -1.20. The van der Waals surface area contributed by atoms with Crippen molar-refractivity contribution in [2.45, 2.75) is 50.4 Å². The zero-order valence-corrected chi connectivity index (χ0v) is 14.7. The molecule has 1 saturated carbocycles. The third kappa shape index (κ3) is 3.22. The molecule has 140 valence electrons.